The van der Waals surface area contributed by atoms with Crippen molar-refractivity contribution in [1.29, 1.82) is 0 Å². The zero-order chi connectivity index (χ0) is 8.39. The lowest BCUT2D eigenvalue weighted by atomic mass is 10.1. The first-order valence-corrected chi connectivity index (χ1v) is 4.23. The van der Waals surface area contributed by atoms with Crippen molar-refractivity contribution in [1.82, 2.24) is 10.5 Å². The zero-order valence-electron chi connectivity index (χ0n) is 6.46. The maximum Gasteiger partial charge on any atom is 0.0766 e. The van der Waals surface area contributed by atoms with E-state index in [1.807, 2.05) is 12.1 Å². The summed E-state index contributed by atoms with van der Waals surface area (Å²) in [6, 6.07) is 3.97. The van der Waals surface area contributed by atoms with Crippen molar-refractivity contribution in [2.45, 2.75) is 12.5 Å². The van der Waals surface area contributed by atoms with Crippen LogP contribution in [0.5, 0.6) is 0 Å². The molecule has 0 amide bonds. The van der Waals surface area contributed by atoms with Gasteiger partial charge in [0.05, 0.1) is 23.4 Å². The Morgan fingerprint density at radius 2 is 2.50 bits per heavy atom. The molecule has 0 aliphatic carbocycles. The van der Waals surface area contributed by atoms with Crippen LogP contribution in [-0.4, -0.2) is 11.6 Å². The number of halogens is 1. The Morgan fingerprint density at radius 1 is 1.58 bits per heavy atom. The summed E-state index contributed by atoms with van der Waals surface area (Å²) in [6.45, 7) is 0.745. The summed E-state index contributed by atoms with van der Waals surface area (Å²) < 4.78 is 0. The van der Waals surface area contributed by atoms with Crippen LogP contribution in [0.1, 0.15) is 18.2 Å². The molecule has 1 saturated heterocycles. The molecule has 0 spiro atoms. The largest absolute Gasteiger partial charge is 0.301 e. The second kappa shape index (κ2) is 3.39. The molecular weight excluding hydrogens is 176 g/mol. The van der Waals surface area contributed by atoms with Crippen LogP contribution in [0.2, 0.25) is 5.02 Å². The normalized spacial score (nSPS) is 22.9. The molecule has 1 atom stereocenters. The van der Waals surface area contributed by atoms with Gasteiger partial charge in [-0.3, -0.25) is 4.98 Å². The SMILES string of the molecule is Clc1ccc([C@@H]2CCON2)nc1. The van der Waals surface area contributed by atoms with Crippen LogP contribution >= 0.6 is 11.6 Å². The molecular formula is C8H9ClN2O. The van der Waals surface area contributed by atoms with Gasteiger partial charge in [-0.15, -0.1) is 0 Å². The zero-order valence-corrected chi connectivity index (χ0v) is 7.21. The first-order chi connectivity index (χ1) is 5.86. The predicted molar refractivity (Wildman–Crippen MR) is 45.7 cm³/mol. The standard InChI is InChI=1S/C8H9ClN2O/c9-6-1-2-7(10-5-6)8-3-4-12-11-8/h1-2,5,8,11H,3-4H2/t8-/m0/s1. The predicted octanol–water partition coefficient (Wildman–Crippen LogP) is 1.70. The van der Waals surface area contributed by atoms with Crippen molar-refractivity contribution in [3.63, 3.8) is 0 Å². The molecule has 1 N–H and O–H groups in total. The first kappa shape index (κ1) is 7.98. The minimum absolute atomic E-state index is 0.224. The van der Waals surface area contributed by atoms with Crippen LogP contribution in [0.4, 0.5) is 0 Å². The minimum Gasteiger partial charge on any atom is -0.301 e. The number of pyridine rings is 1. The van der Waals surface area contributed by atoms with Crippen molar-refractivity contribution in [3.05, 3.63) is 29.0 Å². The van der Waals surface area contributed by atoms with Gasteiger partial charge in [0.25, 0.3) is 0 Å². The number of nitrogens with zero attached hydrogens (tertiary/aromatic N) is 1. The van der Waals surface area contributed by atoms with Crippen LogP contribution in [0, 0.1) is 0 Å². The van der Waals surface area contributed by atoms with Crippen LogP contribution in [0.3, 0.4) is 0 Å². The Morgan fingerprint density at radius 3 is 3.08 bits per heavy atom. The topological polar surface area (TPSA) is 34.1 Å². The summed E-state index contributed by atoms with van der Waals surface area (Å²) in [4.78, 5) is 9.20. The van der Waals surface area contributed by atoms with Crippen LogP contribution in [0.15, 0.2) is 18.3 Å². The fourth-order valence-corrected chi connectivity index (χ4v) is 1.31. The van der Waals surface area contributed by atoms with Crippen molar-refractivity contribution in [2.75, 3.05) is 6.61 Å². The van der Waals surface area contributed by atoms with E-state index in [-0.39, 0.29) is 6.04 Å². The molecule has 1 aromatic heterocycles. The molecule has 3 nitrogen and oxygen atoms in total. The Kier molecular flexibility index (Phi) is 2.26. The lowest BCUT2D eigenvalue weighted by Gasteiger charge is -2.06. The maximum absolute atomic E-state index is 5.70. The Bertz CT molecular complexity index is 256. The third-order valence-corrected chi connectivity index (χ3v) is 2.07. The van der Waals surface area contributed by atoms with E-state index >= 15 is 0 Å². The summed E-state index contributed by atoms with van der Waals surface area (Å²) in [5.74, 6) is 0. The number of hydrogen-bond acceptors (Lipinski definition) is 3. The molecule has 2 heterocycles. The molecule has 1 aliphatic heterocycles. The molecule has 0 saturated carbocycles. The maximum atomic E-state index is 5.70. The monoisotopic (exact) mass is 184 g/mol. The highest BCUT2D eigenvalue weighted by Gasteiger charge is 2.17. The molecule has 1 fully saturated rings. The minimum atomic E-state index is 0.224. The Hall–Kier alpha value is -0.640. The number of nitrogens with one attached hydrogen (secondary N) is 1. The smallest absolute Gasteiger partial charge is 0.0766 e. The Balaban J connectivity index is 2.17. The van der Waals surface area contributed by atoms with Crippen molar-refractivity contribution >= 4 is 11.6 Å². The highest BCUT2D eigenvalue weighted by atomic mass is 35.5. The molecule has 0 unspecified atom stereocenters. The molecule has 1 aromatic rings. The molecule has 4 heteroatoms. The van der Waals surface area contributed by atoms with Gasteiger partial charge in [-0.25, -0.2) is 0 Å². The number of hydroxylamine groups is 1. The van der Waals surface area contributed by atoms with Crippen LogP contribution in [0.25, 0.3) is 0 Å². The van der Waals surface area contributed by atoms with Crippen LogP contribution < -0.4 is 5.48 Å². The summed E-state index contributed by atoms with van der Waals surface area (Å²) in [6.07, 6.45) is 2.62. The van der Waals surface area contributed by atoms with Gasteiger partial charge in [-0.2, -0.15) is 5.48 Å². The van der Waals surface area contributed by atoms with Crippen molar-refractivity contribution in [3.8, 4) is 0 Å². The Labute approximate surface area is 75.7 Å². The van der Waals surface area contributed by atoms with E-state index in [1.165, 1.54) is 0 Å². The molecule has 64 valence electrons. The van der Waals surface area contributed by atoms with E-state index in [0.717, 1.165) is 18.7 Å². The third kappa shape index (κ3) is 1.58. The van der Waals surface area contributed by atoms with E-state index < -0.39 is 0 Å². The second-order valence-electron chi connectivity index (χ2n) is 2.71. The van der Waals surface area contributed by atoms with E-state index in [2.05, 4.69) is 10.5 Å². The van der Waals surface area contributed by atoms with Gasteiger partial charge < -0.3 is 4.84 Å². The second-order valence-corrected chi connectivity index (χ2v) is 3.15. The van der Waals surface area contributed by atoms with E-state index in [9.17, 15) is 0 Å². The highest BCUT2D eigenvalue weighted by molar-refractivity contribution is 6.30. The average Bonchev–Trinajstić information content (AvgIpc) is 2.58. The van der Waals surface area contributed by atoms with Gasteiger partial charge in [0.2, 0.25) is 0 Å². The van der Waals surface area contributed by atoms with Gasteiger partial charge in [0, 0.05) is 6.20 Å². The molecule has 2 rings (SSSR count). The lowest BCUT2D eigenvalue weighted by molar-refractivity contribution is 0.0877. The van der Waals surface area contributed by atoms with E-state index in [1.54, 1.807) is 6.20 Å². The quantitative estimate of drug-likeness (QED) is 0.722. The summed E-state index contributed by atoms with van der Waals surface area (Å²) in [5, 5.41) is 0.665. The third-order valence-electron chi connectivity index (χ3n) is 1.84. The van der Waals surface area contributed by atoms with Crippen molar-refractivity contribution < 1.29 is 4.84 Å². The average molecular weight is 185 g/mol. The number of hydrogen-bond donors (Lipinski definition) is 1. The highest BCUT2D eigenvalue weighted by Crippen LogP contribution is 2.19. The number of rotatable bonds is 1. The molecule has 0 bridgehead atoms. The van der Waals surface area contributed by atoms with Crippen LogP contribution in [-0.2, 0) is 4.84 Å². The van der Waals surface area contributed by atoms with Gasteiger partial charge in [0.1, 0.15) is 0 Å². The van der Waals surface area contributed by atoms with Gasteiger partial charge >= 0.3 is 0 Å². The molecule has 0 radical (unpaired) electrons. The summed E-state index contributed by atoms with van der Waals surface area (Å²) in [5.41, 5.74) is 3.87. The van der Waals surface area contributed by atoms with Gasteiger partial charge in [-0.05, 0) is 18.6 Å². The first-order valence-electron chi connectivity index (χ1n) is 3.85. The van der Waals surface area contributed by atoms with Gasteiger partial charge in [-0.1, -0.05) is 11.6 Å². The van der Waals surface area contributed by atoms with Crippen molar-refractivity contribution in [2.24, 2.45) is 0 Å². The molecule has 12 heavy (non-hydrogen) atoms. The molecule has 0 aromatic carbocycles. The molecule has 1 aliphatic rings. The summed E-state index contributed by atoms with van der Waals surface area (Å²) in [7, 11) is 0. The van der Waals surface area contributed by atoms with Gasteiger partial charge in [0.15, 0.2) is 0 Å². The van der Waals surface area contributed by atoms with E-state index in [4.69, 9.17) is 16.4 Å². The fourth-order valence-electron chi connectivity index (χ4n) is 1.20. The van der Waals surface area contributed by atoms with E-state index in [0.29, 0.717) is 5.02 Å². The lowest BCUT2D eigenvalue weighted by Crippen LogP contribution is -2.12. The summed E-state index contributed by atoms with van der Waals surface area (Å²) >= 11 is 5.70. The number of aromatic nitrogens is 1. The fraction of sp³-hybridized carbons (Fsp3) is 0.375.